The minimum atomic E-state index is -3.97. The third kappa shape index (κ3) is 5.22. The number of hydrogen-bond acceptors (Lipinski definition) is 9. The predicted octanol–water partition coefficient (Wildman–Crippen LogP) is 3.03. The van der Waals surface area contributed by atoms with E-state index in [1.54, 1.807) is 78.4 Å². The van der Waals surface area contributed by atoms with Gasteiger partial charge in [-0.1, -0.05) is 36.4 Å². The number of aromatic nitrogens is 4. The van der Waals surface area contributed by atoms with Crippen molar-refractivity contribution in [3.05, 3.63) is 95.8 Å². The zero-order chi connectivity index (χ0) is 28.3. The molecular formula is C28H26N6O5S. The molecule has 0 aliphatic rings. The van der Waals surface area contributed by atoms with E-state index in [0.29, 0.717) is 23.4 Å². The molecule has 0 atom stereocenters. The topological polar surface area (TPSA) is 162 Å². The number of ether oxygens (including phenoxy) is 1. The fraction of sp³-hybridized carbons (Fsp3) is 0.143. The van der Waals surface area contributed by atoms with Crippen LogP contribution >= 0.6 is 0 Å². The van der Waals surface area contributed by atoms with Crippen LogP contribution < -0.4 is 15.8 Å². The van der Waals surface area contributed by atoms with Crippen LogP contribution in [0.4, 0.5) is 5.95 Å². The number of sulfone groups is 1. The van der Waals surface area contributed by atoms with Gasteiger partial charge in [-0.05, 0) is 53.9 Å². The molecule has 2 aromatic carbocycles. The lowest BCUT2D eigenvalue weighted by molar-refractivity contribution is 0.0946. The Morgan fingerprint density at radius 1 is 1.02 bits per heavy atom. The van der Waals surface area contributed by atoms with Gasteiger partial charge in [-0.2, -0.15) is 4.98 Å². The Morgan fingerprint density at radius 2 is 1.73 bits per heavy atom. The average Bonchev–Trinajstić information content (AvgIpc) is 3.35. The maximum Gasteiger partial charge on any atom is 0.257 e. The van der Waals surface area contributed by atoms with Crippen LogP contribution in [0.2, 0.25) is 0 Å². The van der Waals surface area contributed by atoms with E-state index in [9.17, 15) is 18.3 Å². The van der Waals surface area contributed by atoms with Crippen molar-refractivity contribution in [3.63, 3.8) is 0 Å². The van der Waals surface area contributed by atoms with Gasteiger partial charge in [0.1, 0.15) is 5.56 Å². The highest BCUT2D eigenvalue weighted by atomic mass is 32.2. The van der Waals surface area contributed by atoms with Gasteiger partial charge < -0.3 is 20.9 Å². The van der Waals surface area contributed by atoms with Crippen LogP contribution in [-0.2, 0) is 23.0 Å². The minimum absolute atomic E-state index is 0.0122. The van der Waals surface area contributed by atoms with Gasteiger partial charge in [0, 0.05) is 24.5 Å². The van der Waals surface area contributed by atoms with Gasteiger partial charge in [-0.3, -0.25) is 4.79 Å². The Labute approximate surface area is 230 Å². The third-order valence-electron chi connectivity index (χ3n) is 6.20. The van der Waals surface area contributed by atoms with Crippen LogP contribution in [0.3, 0.4) is 0 Å². The lowest BCUT2D eigenvalue weighted by Crippen LogP contribution is -2.25. The number of nitrogens with zero attached hydrogens (tertiary/aromatic N) is 4. The first-order valence-electron chi connectivity index (χ1n) is 12.4. The maximum atomic E-state index is 13.5. The fourth-order valence-electron chi connectivity index (χ4n) is 4.30. The molecular weight excluding hydrogens is 532 g/mol. The van der Waals surface area contributed by atoms with Crippen molar-refractivity contribution >= 4 is 27.3 Å². The Kier molecular flexibility index (Phi) is 7.45. The molecule has 0 saturated heterocycles. The lowest BCUT2D eigenvalue weighted by atomic mass is 10.1. The number of anilines is 1. The number of aliphatic hydroxyl groups excluding tert-OH is 1. The number of nitrogens with two attached hydrogens (primary N) is 1. The van der Waals surface area contributed by atoms with E-state index in [1.165, 1.54) is 12.1 Å². The molecule has 4 N–H and O–H groups in total. The second kappa shape index (κ2) is 11.1. The van der Waals surface area contributed by atoms with Crippen molar-refractivity contribution in [1.82, 2.24) is 24.9 Å². The summed E-state index contributed by atoms with van der Waals surface area (Å²) in [5.74, 6) is -0.202. The van der Waals surface area contributed by atoms with Crippen molar-refractivity contribution in [2.75, 3.05) is 12.3 Å². The van der Waals surface area contributed by atoms with E-state index < -0.39 is 22.4 Å². The smallest absolute Gasteiger partial charge is 0.257 e. The maximum absolute atomic E-state index is 13.5. The Bertz CT molecular complexity index is 1820. The van der Waals surface area contributed by atoms with Crippen LogP contribution in [0.1, 0.15) is 28.4 Å². The second-order valence-corrected chi connectivity index (χ2v) is 10.6. The third-order valence-corrected chi connectivity index (χ3v) is 8.15. The van der Waals surface area contributed by atoms with Crippen molar-refractivity contribution in [1.29, 1.82) is 0 Å². The fourth-order valence-corrected chi connectivity index (χ4v) is 6.02. The molecule has 204 valence electrons. The molecule has 3 heterocycles. The summed E-state index contributed by atoms with van der Waals surface area (Å²) in [5, 5.41) is 16.5. The van der Waals surface area contributed by atoms with Crippen molar-refractivity contribution in [2.45, 2.75) is 29.9 Å². The monoisotopic (exact) mass is 558 g/mol. The molecule has 0 spiro atoms. The number of nitrogens with one attached hydrogen (secondary N) is 1. The number of amides is 1. The summed E-state index contributed by atoms with van der Waals surface area (Å²) in [7, 11) is -3.97. The number of pyridine rings is 2. The number of carbonyl (C=O) groups is 1. The molecule has 12 heteroatoms. The lowest BCUT2D eigenvalue weighted by Gasteiger charge is -2.15. The predicted molar refractivity (Wildman–Crippen MR) is 147 cm³/mol. The molecule has 0 fully saturated rings. The summed E-state index contributed by atoms with van der Waals surface area (Å²) in [6.45, 7) is 1.58. The number of aliphatic hydroxyl groups is 1. The summed E-state index contributed by atoms with van der Waals surface area (Å²) in [5.41, 5.74) is 8.47. The van der Waals surface area contributed by atoms with Gasteiger partial charge in [-0.15, -0.1) is 5.10 Å². The van der Waals surface area contributed by atoms with Gasteiger partial charge >= 0.3 is 0 Å². The Hall–Kier alpha value is -4.81. The highest BCUT2D eigenvalue weighted by Crippen LogP contribution is 2.28. The highest BCUT2D eigenvalue weighted by Gasteiger charge is 2.24. The molecule has 0 unspecified atom stereocenters. The zero-order valence-electron chi connectivity index (χ0n) is 21.5. The van der Waals surface area contributed by atoms with Crippen molar-refractivity contribution in [3.8, 4) is 17.0 Å². The van der Waals surface area contributed by atoms with Crippen LogP contribution in [-0.4, -0.2) is 45.6 Å². The largest absolute Gasteiger partial charge is 0.477 e. The van der Waals surface area contributed by atoms with Crippen molar-refractivity contribution < 1.29 is 23.1 Å². The first-order valence-corrected chi connectivity index (χ1v) is 13.8. The Balaban J connectivity index is 1.45. The summed E-state index contributed by atoms with van der Waals surface area (Å²) in [6.07, 6.45) is 3.30. The van der Waals surface area contributed by atoms with Crippen LogP contribution in [0, 0.1) is 0 Å². The number of rotatable bonds is 9. The van der Waals surface area contributed by atoms with E-state index in [1.807, 2.05) is 0 Å². The summed E-state index contributed by atoms with van der Waals surface area (Å²) in [4.78, 5) is 22.0. The molecule has 1 amide bonds. The quantitative estimate of drug-likeness (QED) is 0.247. The first-order chi connectivity index (χ1) is 19.3. The Morgan fingerprint density at radius 3 is 2.45 bits per heavy atom. The van der Waals surface area contributed by atoms with E-state index in [0.717, 1.165) is 5.56 Å². The van der Waals surface area contributed by atoms with Crippen LogP contribution in [0.5, 0.6) is 5.88 Å². The summed E-state index contributed by atoms with van der Waals surface area (Å²) >= 11 is 0. The van der Waals surface area contributed by atoms with Gasteiger partial charge in [0.05, 0.1) is 23.0 Å². The average molecular weight is 559 g/mol. The molecule has 5 aromatic rings. The van der Waals surface area contributed by atoms with Gasteiger partial charge in [0.15, 0.2) is 5.65 Å². The molecule has 5 rings (SSSR count). The standard InChI is InChI=1S/C28H26N6O5S/c1-2-39-27-22(13-21(16-31-27)18-11-12-34-25(14-18)32-28(29)33-34)26(36)30-15-19-7-3-5-9-23(19)40(37,38)24-10-6-4-8-20(24)17-35/h3-14,16,35H,2,15,17H2,1H3,(H2,29,33)(H,30,36). The number of nitrogen functional groups attached to an aromatic ring is 1. The molecule has 0 saturated carbocycles. The first kappa shape index (κ1) is 26.8. The van der Waals surface area contributed by atoms with E-state index in [-0.39, 0.29) is 39.3 Å². The minimum Gasteiger partial charge on any atom is -0.477 e. The second-order valence-electron chi connectivity index (χ2n) is 8.76. The molecule has 40 heavy (non-hydrogen) atoms. The van der Waals surface area contributed by atoms with E-state index in [2.05, 4.69) is 20.4 Å². The normalized spacial score (nSPS) is 11.4. The highest BCUT2D eigenvalue weighted by molar-refractivity contribution is 7.91. The van der Waals surface area contributed by atoms with Crippen LogP contribution in [0.15, 0.2) is 88.9 Å². The molecule has 0 bridgehead atoms. The number of carbonyl (C=O) groups excluding carboxylic acids is 1. The van der Waals surface area contributed by atoms with Gasteiger partial charge in [0.2, 0.25) is 21.7 Å². The van der Waals surface area contributed by atoms with Crippen LogP contribution in [0.25, 0.3) is 16.8 Å². The molecule has 11 nitrogen and oxygen atoms in total. The van der Waals surface area contributed by atoms with Gasteiger partial charge in [-0.25, -0.2) is 17.9 Å². The zero-order valence-corrected chi connectivity index (χ0v) is 22.3. The molecule has 3 aromatic heterocycles. The van der Waals surface area contributed by atoms with Crippen molar-refractivity contribution in [2.24, 2.45) is 0 Å². The number of hydrogen-bond donors (Lipinski definition) is 3. The molecule has 0 aliphatic heterocycles. The number of fused-ring (bicyclic) bond motifs is 1. The van der Waals surface area contributed by atoms with E-state index >= 15 is 0 Å². The molecule has 0 radical (unpaired) electrons. The summed E-state index contributed by atoms with van der Waals surface area (Å²) in [6, 6.07) is 17.9. The number of benzene rings is 2. The molecule has 0 aliphatic carbocycles. The van der Waals surface area contributed by atoms with E-state index in [4.69, 9.17) is 10.5 Å². The van der Waals surface area contributed by atoms with Gasteiger partial charge in [0.25, 0.3) is 5.91 Å². The SMILES string of the molecule is CCOc1ncc(-c2ccn3nc(N)nc3c2)cc1C(=O)NCc1ccccc1S(=O)(=O)c1ccccc1CO. The summed E-state index contributed by atoms with van der Waals surface area (Å²) < 4.78 is 34.2.